The van der Waals surface area contributed by atoms with Gasteiger partial charge in [0.05, 0.1) is 45.9 Å². The number of anilines is 2. The molecule has 0 radical (unpaired) electrons. The van der Waals surface area contributed by atoms with Gasteiger partial charge in [-0.3, -0.25) is 28.9 Å². The number of phenolic OH excluding ortho intramolecular Hbond substituents is 1. The number of esters is 1. The zero-order valence-corrected chi connectivity index (χ0v) is 38.8. The molecule has 3 aliphatic rings. The summed E-state index contributed by atoms with van der Waals surface area (Å²) in [6, 6.07) is 18.8. The number of amides is 3. The molecule has 3 amide bonds. The lowest BCUT2D eigenvalue weighted by atomic mass is 9.82. The fourth-order valence-corrected chi connectivity index (χ4v) is 8.16. The second-order valence-electron chi connectivity index (χ2n) is 17.0. The number of rotatable bonds is 20. The van der Waals surface area contributed by atoms with Gasteiger partial charge in [-0.15, -0.1) is 0 Å². The molecule has 0 saturated heterocycles. The molecule has 2 aliphatic heterocycles. The number of aromatic hydroxyl groups is 1. The summed E-state index contributed by atoms with van der Waals surface area (Å²) in [5, 5.41) is 23.6. The van der Waals surface area contributed by atoms with Crippen LogP contribution in [0, 0.1) is 0 Å². The van der Waals surface area contributed by atoms with Crippen LogP contribution < -0.4 is 26.0 Å². The molecule has 1 unspecified atom stereocenters. The van der Waals surface area contributed by atoms with Gasteiger partial charge < -0.3 is 50.1 Å². The molecule has 0 aromatic heterocycles. The molecule has 0 bridgehead atoms. The predicted molar refractivity (Wildman–Crippen MR) is 257 cm³/mol. The summed E-state index contributed by atoms with van der Waals surface area (Å²) in [6.45, 7) is 7.30. The monoisotopic (exact) mass is 947 g/mol. The van der Waals surface area contributed by atoms with Crippen molar-refractivity contribution in [3.63, 3.8) is 0 Å². The summed E-state index contributed by atoms with van der Waals surface area (Å²) in [6.07, 6.45) is 3.61. The smallest absolute Gasteiger partial charge is 0.407 e. The average Bonchev–Trinajstić information content (AvgIpc) is 3.30. The lowest BCUT2D eigenvalue weighted by Gasteiger charge is -2.32. The first-order valence-corrected chi connectivity index (χ1v) is 22.6. The summed E-state index contributed by atoms with van der Waals surface area (Å²) >= 11 is 5.46. The van der Waals surface area contributed by atoms with E-state index in [0.717, 1.165) is 23.1 Å². The number of nitrogens with one attached hydrogen (secondary N) is 4. The van der Waals surface area contributed by atoms with E-state index in [2.05, 4.69) is 21.3 Å². The number of allylic oxidation sites excluding steroid dienone is 1. The minimum absolute atomic E-state index is 0.0176. The van der Waals surface area contributed by atoms with Crippen LogP contribution in [0.1, 0.15) is 82.2 Å². The van der Waals surface area contributed by atoms with Crippen molar-refractivity contribution in [3.8, 4) is 11.5 Å². The molecule has 1 atom stereocenters. The molecule has 17 nitrogen and oxygen atoms in total. The Bertz CT molecular complexity index is 2670. The Morgan fingerprint density at radius 3 is 2.37 bits per heavy atom. The van der Waals surface area contributed by atoms with Crippen molar-refractivity contribution in [3.05, 3.63) is 112 Å². The number of thiocarbonyl (C=S) groups is 1. The molecule has 0 fully saturated rings. The molecule has 5 N–H and O–H groups in total. The molecule has 18 heteroatoms. The summed E-state index contributed by atoms with van der Waals surface area (Å²) in [5.74, 6) is -0.867. The molecule has 4 aromatic carbocycles. The average molecular weight is 948 g/mol. The molecule has 356 valence electrons. The van der Waals surface area contributed by atoms with Crippen molar-refractivity contribution in [1.29, 1.82) is 0 Å². The summed E-state index contributed by atoms with van der Waals surface area (Å²) in [4.78, 5) is 77.1. The van der Waals surface area contributed by atoms with E-state index in [1.165, 1.54) is 17.0 Å². The zero-order chi connectivity index (χ0) is 48.4. The largest absolute Gasteiger partial charge is 0.508 e. The number of imide groups is 1. The Balaban J connectivity index is 0.817. The molecule has 0 saturated carbocycles. The number of nitrogens with zero attached hydrogens (tertiary/aromatic N) is 1. The molecule has 4 aromatic rings. The van der Waals surface area contributed by atoms with Crippen molar-refractivity contribution in [2.75, 3.05) is 69.8 Å². The van der Waals surface area contributed by atoms with Crippen molar-refractivity contribution >= 4 is 81.0 Å². The topological polar surface area (TPSA) is 220 Å². The molecule has 0 spiro atoms. The highest BCUT2D eigenvalue weighted by Crippen LogP contribution is 2.44. The SMILES string of the molecule is CC(C)(C)OC(=O)NCCOCCOCCN1C(=O)c2cccc3c(NCCCC(=O)OCCNC(=S)Nc4ccc(C5=C6C=CC(=O)CC6Oc6cc(O)ccc65)c(C=O)c4)ccc(c23)C1=O. The predicted octanol–water partition coefficient (Wildman–Crippen LogP) is 6.33. The third-order valence-electron chi connectivity index (χ3n) is 10.9. The highest BCUT2D eigenvalue weighted by molar-refractivity contribution is 7.80. The number of benzene rings is 4. The van der Waals surface area contributed by atoms with Gasteiger partial charge in [0.1, 0.15) is 29.8 Å². The van der Waals surface area contributed by atoms with Gasteiger partial charge in [-0.2, -0.15) is 0 Å². The Kier molecular flexibility index (Phi) is 15.9. The fourth-order valence-electron chi connectivity index (χ4n) is 7.94. The number of hydrogen-bond donors (Lipinski definition) is 5. The first-order valence-electron chi connectivity index (χ1n) is 22.2. The van der Waals surface area contributed by atoms with Crippen LogP contribution in [0.3, 0.4) is 0 Å². The first-order chi connectivity index (χ1) is 32.7. The maximum absolute atomic E-state index is 13.5. The lowest BCUT2D eigenvalue weighted by Crippen LogP contribution is -2.42. The fraction of sp³-hybridized carbons (Fsp3) is 0.340. The van der Waals surface area contributed by atoms with Crippen LogP contribution in [0.5, 0.6) is 11.5 Å². The van der Waals surface area contributed by atoms with Gasteiger partial charge in [-0.05, 0) is 93.5 Å². The number of fused-ring (bicyclic) bond motifs is 2. The second kappa shape index (κ2) is 22.1. The van der Waals surface area contributed by atoms with E-state index in [9.17, 15) is 33.9 Å². The van der Waals surface area contributed by atoms with E-state index in [4.69, 9.17) is 35.9 Å². The van der Waals surface area contributed by atoms with Crippen molar-refractivity contribution < 1.29 is 57.6 Å². The van der Waals surface area contributed by atoms with Crippen LogP contribution in [0.2, 0.25) is 0 Å². The summed E-state index contributed by atoms with van der Waals surface area (Å²) < 4.78 is 27.7. The molecule has 68 heavy (non-hydrogen) atoms. The van der Waals surface area contributed by atoms with Gasteiger partial charge in [0.2, 0.25) is 0 Å². The molecular weight excluding hydrogens is 895 g/mol. The maximum Gasteiger partial charge on any atom is 0.407 e. The van der Waals surface area contributed by atoms with Crippen LogP contribution in [0.4, 0.5) is 16.2 Å². The molecule has 7 rings (SSSR count). The summed E-state index contributed by atoms with van der Waals surface area (Å²) in [7, 11) is 0. The van der Waals surface area contributed by atoms with Crippen LogP contribution in [0.25, 0.3) is 16.3 Å². The zero-order valence-electron chi connectivity index (χ0n) is 37.9. The van der Waals surface area contributed by atoms with Gasteiger partial charge >= 0.3 is 12.1 Å². The number of carbonyl (C=O) groups excluding carboxylic acids is 6. The third-order valence-corrected chi connectivity index (χ3v) is 11.2. The van der Waals surface area contributed by atoms with E-state index >= 15 is 0 Å². The Morgan fingerprint density at radius 2 is 1.59 bits per heavy atom. The third kappa shape index (κ3) is 12.0. The van der Waals surface area contributed by atoms with E-state index in [1.807, 2.05) is 6.07 Å². The molecule has 2 heterocycles. The van der Waals surface area contributed by atoms with Crippen LogP contribution in [0.15, 0.2) is 84.5 Å². The number of carbonyl (C=O) groups is 6. The standard InChI is InChI=1S/C50H53N5O12S/c1-50(2,3)67-49(62)53-18-21-63-24-25-64-23-20-55-46(60)38-7-4-6-35-40(16-15-39(45(35)38)47(55)61)51-17-5-8-43(59)65-22-19-52-48(68)54-31-9-12-34(30(26-31)29-56)44-36-13-10-32(57)27-41(36)66-42-28-33(58)11-14-37(42)44/h4,6-7,9-16,26-27,29,42,51,57H,5,8,17-25,28H2,1-3H3,(H,53,62)(H2,52,54,68). The van der Waals surface area contributed by atoms with Crippen LogP contribution >= 0.6 is 12.2 Å². The Hall–Kier alpha value is -7.15. The van der Waals surface area contributed by atoms with Gasteiger partial charge in [0.15, 0.2) is 17.2 Å². The van der Waals surface area contributed by atoms with Crippen molar-refractivity contribution in [2.45, 2.75) is 51.7 Å². The highest BCUT2D eigenvalue weighted by atomic mass is 32.1. The minimum atomic E-state index is -0.586. The number of alkyl carbamates (subject to hydrolysis) is 1. The maximum atomic E-state index is 13.5. The van der Waals surface area contributed by atoms with Crippen molar-refractivity contribution in [2.24, 2.45) is 0 Å². The van der Waals surface area contributed by atoms with E-state index in [-0.39, 0.29) is 82.2 Å². The number of phenols is 1. The van der Waals surface area contributed by atoms with E-state index < -0.39 is 35.6 Å². The van der Waals surface area contributed by atoms with Crippen molar-refractivity contribution in [1.82, 2.24) is 15.5 Å². The number of ketones is 1. The van der Waals surface area contributed by atoms with Gasteiger partial charge in [-0.1, -0.05) is 24.3 Å². The quantitative estimate of drug-likeness (QED) is 0.0215. The van der Waals surface area contributed by atoms with Gasteiger partial charge in [0.25, 0.3) is 11.8 Å². The van der Waals surface area contributed by atoms with Crippen LogP contribution in [-0.4, -0.2) is 122 Å². The second-order valence-corrected chi connectivity index (χ2v) is 17.4. The lowest BCUT2D eigenvalue weighted by molar-refractivity contribution is -0.143. The Morgan fingerprint density at radius 1 is 0.853 bits per heavy atom. The van der Waals surface area contributed by atoms with Crippen LogP contribution in [-0.2, 0) is 28.5 Å². The van der Waals surface area contributed by atoms with Gasteiger partial charge in [0, 0.05) is 81.1 Å². The molecule has 1 aliphatic carbocycles. The normalized spacial score (nSPS) is 15.0. The number of hydrogen-bond acceptors (Lipinski definition) is 14. The number of aldehydes is 1. The molecular formula is C50H53N5O12S. The highest BCUT2D eigenvalue weighted by Gasteiger charge is 2.34. The minimum Gasteiger partial charge on any atom is -0.508 e. The van der Waals surface area contributed by atoms with E-state index in [1.54, 1.807) is 81.4 Å². The summed E-state index contributed by atoms with van der Waals surface area (Å²) in [5.41, 5.74) is 4.68. The first kappa shape index (κ1) is 48.8. The van der Waals surface area contributed by atoms with E-state index in [0.29, 0.717) is 63.0 Å². The van der Waals surface area contributed by atoms with Gasteiger partial charge in [-0.25, -0.2) is 4.79 Å². The number of ether oxygens (including phenoxy) is 5. The Labute approximate surface area is 398 Å².